The molecule has 0 aliphatic rings. The molecule has 0 aliphatic heterocycles. The van der Waals surface area contributed by atoms with Crippen LogP contribution in [0, 0.1) is 39.2 Å². The molecule has 0 heterocycles. The zero-order valence-electron chi connectivity index (χ0n) is 13.9. The first-order valence-electron chi connectivity index (χ1n) is 7.22. The summed E-state index contributed by atoms with van der Waals surface area (Å²) in [6, 6.07) is 5.27. The molecule has 0 fully saturated rings. The molecule has 0 amide bonds. The summed E-state index contributed by atoms with van der Waals surface area (Å²) in [5.74, 6) is -12.6. The maximum Gasteiger partial charge on any atom is 0.360 e. The molecular formula is C16H10F5NO5S. The van der Waals surface area contributed by atoms with Crippen molar-refractivity contribution in [2.45, 2.75) is 5.75 Å². The van der Waals surface area contributed by atoms with Crippen molar-refractivity contribution in [3.8, 4) is 5.75 Å². The quantitative estimate of drug-likeness (QED) is 0.233. The van der Waals surface area contributed by atoms with E-state index in [9.17, 15) is 40.5 Å². The Morgan fingerprint density at radius 3 is 1.89 bits per heavy atom. The lowest BCUT2D eigenvalue weighted by Crippen LogP contribution is -2.15. The van der Waals surface area contributed by atoms with E-state index in [2.05, 4.69) is 0 Å². The second kappa shape index (κ2) is 7.92. The fourth-order valence-electron chi connectivity index (χ4n) is 2.14. The summed E-state index contributed by atoms with van der Waals surface area (Å²) in [6.07, 6.45) is -0.199. The highest BCUT2D eigenvalue weighted by atomic mass is 32.2. The van der Waals surface area contributed by atoms with Crippen molar-refractivity contribution in [1.29, 1.82) is 0 Å². The Kier molecular flexibility index (Phi) is 6.02. The number of nitro groups is 1. The van der Waals surface area contributed by atoms with Crippen LogP contribution >= 0.6 is 0 Å². The zero-order valence-corrected chi connectivity index (χ0v) is 14.7. The number of ether oxygens (including phenoxy) is 1. The molecule has 0 aromatic heterocycles. The monoisotopic (exact) mass is 423 g/mol. The molecule has 0 aliphatic carbocycles. The predicted molar refractivity (Wildman–Crippen MR) is 86.8 cm³/mol. The van der Waals surface area contributed by atoms with Crippen LogP contribution in [0.4, 0.5) is 22.0 Å². The van der Waals surface area contributed by atoms with Crippen LogP contribution < -0.4 is 4.74 Å². The molecule has 28 heavy (non-hydrogen) atoms. The fraction of sp³-hybridized carbons (Fsp3) is 0.125. The number of benzene rings is 2. The van der Waals surface area contributed by atoms with Crippen molar-refractivity contribution in [2.75, 3.05) is 7.11 Å². The Morgan fingerprint density at radius 1 is 1.00 bits per heavy atom. The Morgan fingerprint density at radius 2 is 1.46 bits per heavy atom. The third-order valence-electron chi connectivity index (χ3n) is 3.53. The van der Waals surface area contributed by atoms with Gasteiger partial charge in [-0.25, -0.2) is 30.4 Å². The second-order valence-corrected chi connectivity index (χ2v) is 7.27. The summed E-state index contributed by atoms with van der Waals surface area (Å²) in [7, 11) is -3.46. The number of hydrogen-bond donors (Lipinski definition) is 0. The zero-order chi connectivity index (χ0) is 21.2. The van der Waals surface area contributed by atoms with Crippen LogP contribution in [0.1, 0.15) is 11.1 Å². The molecule has 2 rings (SSSR count). The van der Waals surface area contributed by atoms with Crippen LogP contribution in [0.25, 0.3) is 6.08 Å². The first-order chi connectivity index (χ1) is 13.0. The van der Waals surface area contributed by atoms with E-state index < -0.39 is 60.2 Å². The minimum absolute atomic E-state index is 0.0611. The number of halogens is 5. The number of methoxy groups -OCH3 is 1. The normalized spacial score (nSPS) is 12.1. The molecule has 0 radical (unpaired) electrons. The summed E-state index contributed by atoms with van der Waals surface area (Å²) in [6.45, 7) is 0. The van der Waals surface area contributed by atoms with Crippen LogP contribution in [-0.2, 0) is 15.6 Å². The molecule has 0 spiro atoms. The van der Waals surface area contributed by atoms with Gasteiger partial charge in [-0.05, 0) is 17.7 Å². The van der Waals surface area contributed by atoms with Gasteiger partial charge >= 0.3 is 5.03 Å². The first kappa shape index (κ1) is 21.3. The first-order valence-corrected chi connectivity index (χ1v) is 8.88. The summed E-state index contributed by atoms with van der Waals surface area (Å²) in [5.41, 5.74) is -1.67. The van der Waals surface area contributed by atoms with Crippen LogP contribution in [-0.4, -0.2) is 20.5 Å². The van der Waals surface area contributed by atoms with Crippen LogP contribution in [0.15, 0.2) is 29.3 Å². The lowest BCUT2D eigenvalue weighted by atomic mass is 10.1. The molecule has 150 valence electrons. The molecule has 0 atom stereocenters. The Hall–Kier alpha value is -3.02. The van der Waals surface area contributed by atoms with Crippen molar-refractivity contribution in [1.82, 2.24) is 0 Å². The lowest BCUT2D eigenvalue weighted by molar-refractivity contribution is -0.410. The largest absolute Gasteiger partial charge is 0.497 e. The molecule has 0 saturated heterocycles. The summed E-state index contributed by atoms with van der Waals surface area (Å²) >= 11 is 0. The summed E-state index contributed by atoms with van der Waals surface area (Å²) in [5, 5.41) is 9.40. The summed E-state index contributed by atoms with van der Waals surface area (Å²) in [4.78, 5) is 9.64. The minimum Gasteiger partial charge on any atom is -0.497 e. The van der Waals surface area contributed by atoms with Gasteiger partial charge < -0.3 is 4.74 Å². The highest BCUT2D eigenvalue weighted by Crippen LogP contribution is 2.27. The maximum atomic E-state index is 13.7. The Balaban J connectivity index is 2.57. The highest BCUT2D eigenvalue weighted by molar-refractivity contribution is 7.94. The van der Waals surface area contributed by atoms with E-state index in [1.54, 1.807) is 0 Å². The van der Waals surface area contributed by atoms with Gasteiger partial charge in [-0.1, -0.05) is 12.1 Å². The second-order valence-electron chi connectivity index (χ2n) is 5.33. The average Bonchev–Trinajstić information content (AvgIpc) is 2.64. The van der Waals surface area contributed by atoms with Crippen molar-refractivity contribution in [2.24, 2.45) is 0 Å². The van der Waals surface area contributed by atoms with E-state index >= 15 is 0 Å². The molecule has 0 unspecified atom stereocenters. The smallest absolute Gasteiger partial charge is 0.360 e. The minimum atomic E-state index is -4.81. The molecule has 2 aromatic carbocycles. The third-order valence-corrected chi connectivity index (χ3v) is 5.14. The number of rotatable bonds is 6. The van der Waals surface area contributed by atoms with Gasteiger partial charge in [-0.2, -0.15) is 0 Å². The molecule has 12 heteroatoms. The molecule has 0 saturated carbocycles. The van der Waals surface area contributed by atoms with Gasteiger partial charge in [-0.3, -0.25) is 10.1 Å². The van der Waals surface area contributed by atoms with Crippen molar-refractivity contribution in [3.63, 3.8) is 0 Å². The van der Waals surface area contributed by atoms with E-state index in [4.69, 9.17) is 4.74 Å². The standard InChI is InChI=1S/C16H10F5NO5S/c1-27-9-4-2-8(3-5-9)7-28(25,26)11(22(23)24)6-10-12(17)14(19)16(21)15(20)13(10)18/h2-6H,7H2,1H3. The predicted octanol–water partition coefficient (Wildman–Crippen LogP) is 3.58. The Labute approximate surface area is 154 Å². The average molecular weight is 423 g/mol. The van der Waals surface area contributed by atoms with Gasteiger partial charge in [0, 0.05) is 6.08 Å². The fourth-order valence-corrected chi connectivity index (χ4v) is 3.45. The molecule has 0 bridgehead atoms. The Bertz CT molecular complexity index is 1040. The molecule has 0 N–H and O–H groups in total. The van der Waals surface area contributed by atoms with E-state index in [0.717, 1.165) is 0 Å². The SMILES string of the molecule is COc1ccc(CS(=O)(=O)C(=Cc2c(F)c(F)c(F)c(F)c2F)[N+](=O)[O-])cc1. The van der Waals surface area contributed by atoms with Crippen molar-refractivity contribution in [3.05, 3.63) is 79.6 Å². The van der Waals surface area contributed by atoms with Crippen molar-refractivity contribution >= 4 is 15.9 Å². The van der Waals surface area contributed by atoms with Gasteiger partial charge in [0.15, 0.2) is 23.3 Å². The maximum absolute atomic E-state index is 13.7. The van der Waals surface area contributed by atoms with Gasteiger partial charge in [0.2, 0.25) is 15.7 Å². The molecule has 2 aromatic rings. The molecular weight excluding hydrogens is 413 g/mol. The van der Waals surface area contributed by atoms with Gasteiger partial charge in [0.25, 0.3) is 0 Å². The van der Waals surface area contributed by atoms with Gasteiger partial charge in [0.1, 0.15) is 5.75 Å². The number of nitrogens with zero attached hydrogens (tertiary/aromatic N) is 1. The van der Waals surface area contributed by atoms with Gasteiger partial charge in [-0.15, -0.1) is 0 Å². The van der Waals surface area contributed by atoms with E-state index in [1.807, 2.05) is 0 Å². The topological polar surface area (TPSA) is 86.5 Å². The van der Waals surface area contributed by atoms with Crippen LogP contribution in [0.5, 0.6) is 5.75 Å². The van der Waals surface area contributed by atoms with E-state index in [1.165, 1.54) is 31.4 Å². The van der Waals surface area contributed by atoms with E-state index in [0.29, 0.717) is 5.75 Å². The van der Waals surface area contributed by atoms with Crippen molar-refractivity contribution < 1.29 is 40.0 Å². The number of hydrogen-bond acceptors (Lipinski definition) is 5. The van der Waals surface area contributed by atoms with Gasteiger partial charge in [0.05, 0.1) is 23.3 Å². The lowest BCUT2D eigenvalue weighted by Gasteiger charge is -2.06. The van der Waals surface area contributed by atoms with Crippen LogP contribution in [0.3, 0.4) is 0 Å². The number of sulfone groups is 1. The third kappa shape index (κ3) is 4.11. The summed E-state index contributed by atoms with van der Waals surface area (Å²) < 4.78 is 96.5. The van der Waals surface area contributed by atoms with Crippen LogP contribution in [0.2, 0.25) is 0 Å². The highest BCUT2D eigenvalue weighted by Gasteiger charge is 2.33. The van der Waals surface area contributed by atoms with E-state index in [-0.39, 0.29) is 11.6 Å². The molecule has 6 nitrogen and oxygen atoms in total.